The van der Waals surface area contributed by atoms with Crippen LogP contribution in [-0.2, 0) is 23.8 Å². The molecular formula is C20H26O5. The van der Waals surface area contributed by atoms with Crippen molar-refractivity contribution >= 4 is 11.9 Å². The van der Waals surface area contributed by atoms with Gasteiger partial charge in [-0.25, -0.2) is 4.79 Å². The zero-order valence-electron chi connectivity index (χ0n) is 15.5. The summed E-state index contributed by atoms with van der Waals surface area (Å²) < 4.78 is 17.6. The Balaban J connectivity index is 1.71. The van der Waals surface area contributed by atoms with E-state index in [1.165, 1.54) is 11.1 Å². The van der Waals surface area contributed by atoms with E-state index in [4.69, 9.17) is 14.2 Å². The summed E-state index contributed by atoms with van der Waals surface area (Å²) in [5.41, 5.74) is 2.96. The number of carbonyl (C=O) groups is 2. The Bertz CT molecular complexity index is 705. The molecule has 2 aliphatic heterocycles. The van der Waals surface area contributed by atoms with Crippen molar-refractivity contribution < 1.29 is 23.8 Å². The molecule has 3 fully saturated rings. The van der Waals surface area contributed by atoms with Gasteiger partial charge in [0, 0.05) is 23.8 Å². The summed E-state index contributed by atoms with van der Waals surface area (Å²) in [5.74, 6) is -0.816. The summed E-state index contributed by atoms with van der Waals surface area (Å²) in [6, 6.07) is 0. The topological polar surface area (TPSA) is 65.1 Å². The van der Waals surface area contributed by atoms with E-state index in [0.717, 1.165) is 6.42 Å². The molecule has 0 aromatic rings. The first-order valence-corrected chi connectivity index (χ1v) is 9.18. The Labute approximate surface area is 148 Å². The summed E-state index contributed by atoms with van der Waals surface area (Å²) in [6.45, 7) is 9.69. The Morgan fingerprint density at radius 1 is 1.36 bits per heavy atom. The highest BCUT2D eigenvalue weighted by atomic mass is 16.6. The molecule has 0 amide bonds. The lowest BCUT2D eigenvalue weighted by Crippen LogP contribution is -2.41. The van der Waals surface area contributed by atoms with Crippen LogP contribution in [0.1, 0.15) is 47.5 Å². The van der Waals surface area contributed by atoms with Gasteiger partial charge in [0.25, 0.3) is 0 Å². The highest BCUT2D eigenvalue weighted by Crippen LogP contribution is 2.62. The fourth-order valence-corrected chi connectivity index (χ4v) is 5.05. The van der Waals surface area contributed by atoms with Gasteiger partial charge < -0.3 is 14.2 Å². The SMILES string of the molecule is CC=C(C)C(=O)OC1CC(C)=C2CC3OC3(C)C2C2OC(=O)C(C)C12. The number of rotatable bonds is 2. The van der Waals surface area contributed by atoms with E-state index in [1.54, 1.807) is 13.0 Å². The van der Waals surface area contributed by atoms with Crippen molar-refractivity contribution in [2.75, 3.05) is 0 Å². The van der Waals surface area contributed by atoms with Crippen LogP contribution in [0.25, 0.3) is 0 Å². The maximum atomic E-state index is 12.4. The van der Waals surface area contributed by atoms with Crippen LogP contribution >= 0.6 is 0 Å². The molecule has 2 heterocycles. The summed E-state index contributed by atoms with van der Waals surface area (Å²) in [4.78, 5) is 24.7. The Kier molecular flexibility index (Phi) is 3.66. The lowest BCUT2D eigenvalue weighted by Gasteiger charge is -2.31. The van der Waals surface area contributed by atoms with Crippen LogP contribution in [0.5, 0.6) is 0 Å². The van der Waals surface area contributed by atoms with E-state index in [1.807, 2.05) is 13.8 Å². The number of epoxide rings is 1. The summed E-state index contributed by atoms with van der Waals surface area (Å²) in [5, 5.41) is 0. The molecule has 4 rings (SSSR count). The van der Waals surface area contributed by atoms with Gasteiger partial charge in [-0.15, -0.1) is 0 Å². The summed E-state index contributed by atoms with van der Waals surface area (Å²) in [6.07, 6.45) is 2.95. The summed E-state index contributed by atoms with van der Waals surface area (Å²) >= 11 is 0. The predicted molar refractivity (Wildman–Crippen MR) is 90.5 cm³/mol. The van der Waals surface area contributed by atoms with Crippen molar-refractivity contribution in [2.45, 2.75) is 71.4 Å². The quantitative estimate of drug-likeness (QED) is 0.333. The van der Waals surface area contributed by atoms with Gasteiger partial charge in [0.2, 0.25) is 0 Å². The van der Waals surface area contributed by atoms with E-state index in [0.29, 0.717) is 12.0 Å². The third-order valence-electron chi connectivity index (χ3n) is 6.78. The molecule has 7 unspecified atom stereocenters. The molecule has 5 heteroatoms. The molecule has 25 heavy (non-hydrogen) atoms. The molecule has 0 spiro atoms. The van der Waals surface area contributed by atoms with Crippen LogP contribution in [-0.4, -0.2) is 35.9 Å². The molecule has 0 bridgehead atoms. The van der Waals surface area contributed by atoms with Crippen LogP contribution in [0.3, 0.4) is 0 Å². The number of hydrogen-bond donors (Lipinski definition) is 0. The lowest BCUT2D eigenvalue weighted by molar-refractivity contribution is -0.149. The second-order valence-electron chi connectivity index (χ2n) is 8.16. The first kappa shape index (κ1) is 16.8. The van der Waals surface area contributed by atoms with Gasteiger partial charge in [0.1, 0.15) is 17.8 Å². The molecule has 0 N–H and O–H groups in total. The smallest absolute Gasteiger partial charge is 0.333 e. The number of allylic oxidation sites excluding steroid dienone is 1. The van der Waals surface area contributed by atoms with Crippen LogP contribution in [0.15, 0.2) is 22.8 Å². The van der Waals surface area contributed by atoms with Crippen molar-refractivity contribution in [3.05, 3.63) is 22.8 Å². The zero-order valence-corrected chi connectivity index (χ0v) is 15.5. The predicted octanol–water partition coefficient (Wildman–Crippen LogP) is 2.94. The fourth-order valence-electron chi connectivity index (χ4n) is 5.05. The minimum atomic E-state index is -0.340. The first-order chi connectivity index (χ1) is 11.8. The summed E-state index contributed by atoms with van der Waals surface area (Å²) in [7, 11) is 0. The van der Waals surface area contributed by atoms with Crippen LogP contribution in [0.4, 0.5) is 0 Å². The number of carbonyl (C=O) groups excluding carboxylic acids is 2. The van der Waals surface area contributed by atoms with Gasteiger partial charge >= 0.3 is 11.9 Å². The van der Waals surface area contributed by atoms with Crippen molar-refractivity contribution in [1.29, 1.82) is 0 Å². The lowest BCUT2D eigenvalue weighted by atomic mass is 9.78. The molecule has 0 radical (unpaired) electrons. The van der Waals surface area contributed by atoms with Gasteiger partial charge in [0.05, 0.1) is 12.0 Å². The van der Waals surface area contributed by atoms with E-state index in [9.17, 15) is 9.59 Å². The first-order valence-electron chi connectivity index (χ1n) is 9.18. The molecule has 0 aromatic heterocycles. The van der Waals surface area contributed by atoms with E-state index in [-0.39, 0.29) is 53.6 Å². The molecule has 136 valence electrons. The molecule has 5 nitrogen and oxygen atoms in total. The highest BCUT2D eigenvalue weighted by Gasteiger charge is 2.70. The fraction of sp³-hybridized carbons (Fsp3) is 0.700. The average molecular weight is 346 g/mol. The normalized spacial score (nSPS) is 45.3. The van der Waals surface area contributed by atoms with Crippen LogP contribution in [0.2, 0.25) is 0 Å². The highest BCUT2D eigenvalue weighted by molar-refractivity contribution is 5.87. The number of hydrogen-bond acceptors (Lipinski definition) is 5. The van der Waals surface area contributed by atoms with Crippen molar-refractivity contribution in [2.24, 2.45) is 17.8 Å². The van der Waals surface area contributed by atoms with E-state index >= 15 is 0 Å². The molecule has 2 aliphatic carbocycles. The Morgan fingerprint density at radius 2 is 2.08 bits per heavy atom. The van der Waals surface area contributed by atoms with Gasteiger partial charge in [-0.3, -0.25) is 4.79 Å². The minimum Gasteiger partial charge on any atom is -0.461 e. The standard InChI is InChI=1S/C20H26O5/c1-6-9(2)18(21)23-13-7-10(3)12-8-14-20(5,25-14)16(12)17-15(13)11(4)19(22)24-17/h6,11,13-17H,7-8H2,1-5H3. The van der Waals surface area contributed by atoms with Gasteiger partial charge in [-0.2, -0.15) is 0 Å². The number of esters is 2. The molecule has 0 aromatic carbocycles. The molecule has 1 saturated carbocycles. The minimum absolute atomic E-state index is 0.0860. The molecular weight excluding hydrogens is 320 g/mol. The number of fused-ring (bicyclic) bond motifs is 5. The third-order valence-corrected chi connectivity index (χ3v) is 6.78. The molecule has 7 atom stereocenters. The Morgan fingerprint density at radius 3 is 2.76 bits per heavy atom. The maximum Gasteiger partial charge on any atom is 0.333 e. The monoisotopic (exact) mass is 346 g/mol. The second kappa shape index (κ2) is 5.44. The maximum absolute atomic E-state index is 12.4. The van der Waals surface area contributed by atoms with Gasteiger partial charge in [0.15, 0.2) is 0 Å². The largest absolute Gasteiger partial charge is 0.461 e. The Hall–Kier alpha value is -1.62. The third kappa shape index (κ3) is 2.31. The van der Waals surface area contributed by atoms with Gasteiger partial charge in [-0.1, -0.05) is 24.1 Å². The van der Waals surface area contributed by atoms with E-state index in [2.05, 4.69) is 13.8 Å². The van der Waals surface area contributed by atoms with Crippen LogP contribution < -0.4 is 0 Å². The van der Waals surface area contributed by atoms with Crippen molar-refractivity contribution in [3.63, 3.8) is 0 Å². The van der Waals surface area contributed by atoms with Gasteiger partial charge in [-0.05, 0) is 34.1 Å². The van der Waals surface area contributed by atoms with Crippen molar-refractivity contribution in [3.8, 4) is 0 Å². The number of ether oxygens (including phenoxy) is 3. The molecule has 4 aliphatic rings. The van der Waals surface area contributed by atoms with Crippen molar-refractivity contribution in [1.82, 2.24) is 0 Å². The molecule has 2 saturated heterocycles. The van der Waals surface area contributed by atoms with Crippen LogP contribution in [0, 0.1) is 17.8 Å². The average Bonchev–Trinajstić information content (AvgIpc) is 3.03. The zero-order chi connectivity index (χ0) is 18.1. The van der Waals surface area contributed by atoms with E-state index < -0.39 is 0 Å². The second-order valence-corrected chi connectivity index (χ2v) is 8.16.